The van der Waals surface area contributed by atoms with Gasteiger partial charge in [-0.1, -0.05) is 68.4 Å². The van der Waals surface area contributed by atoms with Gasteiger partial charge in [-0.2, -0.15) is 0 Å². The number of benzene rings is 4. The number of carbonyl (C=O) groups is 2. The summed E-state index contributed by atoms with van der Waals surface area (Å²) in [5, 5.41) is 6.89. The molecule has 2 heterocycles. The highest BCUT2D eigenvalue weighted by molar-refractivity contribution is 7.98. The minimum atomic E-state index is -0.250. The van der Waals surface area contributed by atoms with E-state index in [4.69, 9.17) is 14.9 Å². The van der Waals surface area contributed by atoms with Crippen LogP contribution in [0.4, 0.5) is 0 Å². The Kier molecular flexibility index (Phi) is 10.4. The molecular weight excluding hydrogens is 598 g/mol. The first-order valence-electron chi connectivity index (χ1n) is 15.1. The van der Waals surface area contributed by atoms with Crippen molar-refractivity contribution in [3.8, 4) is 0 Å². The van der Waals surface area contributed by atoms with Gasteiger partial charge in [0.05, 0.1) is 35.2 Å². The lowest BCUT2D eigenvalue weighted by atomic mass is 10.1. The lowest BCUT2D eigenvalue weighted by molar-refractivity contribution is -0.122. The zero-order valence-electron chi connectivity index (χ0n) is 26.1. The second-order valence-corrected chi connectivity index (χ2v) is 12.2. The maximum Gasteiger partial charge on any atom is 0.329 e. The van der Waals surface area contributed by atoms with E-state index in [1.54, 1.807) is 4.57 Å². The second-order valence-electron chi connectivity index (χ2n) is 11.4. The van der Waals surface area contributed by atoms with Crippen molar-refractivity contribution in [2.24, 2.45) is 5.92 Å². The van der Waals surface area contributed by atoms with Crippen LogP contribution in [0.1, 0.15) is 47.6 Å². The van der Waals surface area contributed by atoms with E-state index in [-0.39, 0.29) is 18.1 Å². The van der Waals surface area contributed by atoms with Crippen LogP contribution in [0.5, 0.6) is 0 Å². The van der Waals surface area contributed by atoms with Crippen LogP contribution in [0.15, 0.2) is 107 Å². The van der Waals surface area contributed by atoms with E-state index in [2.05, 4.69) is 29.2 Å². The lowest BCUT2D eigenvalue weighted by Crippen LogP contribution is -2.26. The van der Waals surface area contributed by atoms with Gasteiger partial charge in [0.25, 0.3) is 12.4 Å². The third-order valence-corrected chi connectivity index (χ3v) is 8.76. The van der Waals surface area contributed by atoms with E-state index in [9.17, 15) is 9.59 Å². The molecule has 6 rings (SSSR count). The minimum Gasteiger partial charge on any atom is -0.483 e. The van der Waals surface area contributed by atoms with Gasteiger partial charge in [-0.25, -0.2) is 9.78 Å². The Balaban J connectivity index is 0.00000134. The van der Waals surface area contributed by atoms with E-state index >= 15 is 0 Å². The first-order valence-corrected chi connectivity index (χ1v) is 15.9. The molecule has 0 saturated heterocycles. The summed E-state index contributed by atoms with van der Waals surface area (Å²) in [6.45, 7) is 7.85. The quantitative estimate of drug-likeness (QED) is 0.127. The Labute approximate surface area is 271 Å². The third kappa shape index (κ3) is 7.24. The number of carbonyl (C=O) groups excluding carboxylic acids is 1. The molecule has 0 unspecified atom stereocenters. The Morgan fingerprint density at radius 1 is 0.848 bits per heavy atom. The second kappa shape index (κ2) is 14.8. The van der Waals surface area contributed by atoms with Gasteiger partial charge in [0, 0.05) is 17.0 Å². The maximum absolute atomic E-state index is 13.9. The Bertz CT molecular complexity index is 2020. The highest BCUT2D eigenvalue weighted by Crippen LogP contribution is 2.22. The number of aromatic nitrogens is 4. The van der Waals surface area contributed by atoms with Gasteiger partial charge in [0.2, 0.25) is 0 Å². The normalized spacial score (nSPS) is 11.0. The molecule has 0 bridgehead atoms. The fraction of sp³-hybridized carbons (Fsp3) is 0.222. The average Bonchev–Trinajstić information content (AvgIpc) is 3.54. The van der Waals surface area contributed by atoms with Crippen LogP contribution >= 0.6 is 11.9 Å². The summed E-state index contributed by atoms with van der Waals surface area (Å²) in [7, 11) is 0. The number of nitrogens with one attached hydrogen (secondary N) is 1. The molecule has 2 N–H and O–H groups in total. The Morgan fingerprint density at radius 3 is 2.09 bits per heavy atom. The van der Waals surface area contributed by atoms with Crippen LogP contribution in [0.3, 0.4) is 0 Å². The Morgan fingerprint density at radius 2 is 1.43 bits per heavy atom. The van der Waals surface area contributed by atoms with Gasteiger partial charge in [-0.05, 0) is 84.8 Å². The minimum absolute atomic E-state index is 0.0832. The highest BCUT2D eigenvalue weighted by Gasteiger charge is 2.18. The first-order chi connectivity index (χ1) is 22.3. The molecule has 0 fully saturated rings. The molecule has 0 aliphatic carbocycles. The fourth-order valence-electron chi connectivity index (χ4n) is 5.38. The molecule has 4 aromatic carbocycles. The molecule has 0 aliphatic heterocycles. The lowest BCUT2D eigenvalue weighted by Gasteiger charge is -2.11. The van der Waals surface area contributed by atoms with Crippen molar-refractivity contribution in [1.29, 1.82) is 0 Å². The summed E-state index contributed by atoms with van der Waals surface area (Å²) in [5.41, 5.74) is 6.32. The predicted molar refractivity (Wildman–Crippen MR) is 183 cm³/mol. The summed E-state index contributed by atoms with van der Waals surface area (Å²) in [6, 6.07) is 31.5. The zero-order valence-corrected chi connectivity index (χ0v) is 26.9. The van der Waals surface area contributed by atoms with E-state index < -0.39 is 0 Å². The molecular formula is C36H37N5O4S. The molecule has 2 aromatic heterocycles. The van der Waals surface area contributed by atoms with Gasteiger partial charge in [0.1, 0.15) is 5.82 Å². The topological polar surface area (TPSA) is 111 Å². The molecule has 10 heteroatoms. The van der Waals surface area contributed by atoms with Crippen molar-refractivity contribution < 1.29 is 14.7 Å². The molecule has 46 heavy (non-hydrogen) atoms. The number of rotatable bonds is 10. The number of hydrogen-bond acceptors (Lipinski definition) is 5. The van der Waals surface area contributed by atoms with Gasteiger partial charge in [-0.3, -0.25) is 23.4 Å². The van der Waals surface area contributed by atoms with E-state index in [1.807, 2.05) is 102 Å². The van der Waals surface area contributed by atoms with Crippen LogP contribution < -0.4 is 10.4 Å². The van der Waals surface area contributed by atoms with E-state index in [1.165, 1.54) is 11.9 Å². The summed E-state index contributed by atoms with van der Waals surface area (Å²) < 4.78 is 8.82. The summed E-state index contributed by atoms with van der Waals surface area (Å²) in [6.07, 6.45) is 1.03. The van der Waals surface area contributed by atoms with Crippen LogP contribution in [-0.4, -0.2) is 36.2 Å². The molecule has 0 spiro atoms. The Hall–Kier alpha value is -5.09. The van der Waals surface area contributed by atoms with Crippen LogP contribution in [0.2, 0.25) is 0 Å². The smallest absolute Gasteiger partial charge is 0.329 e. The zero-order chi connectivity index (χ0) is 32.6. The summed E-state index contributed by atoms with van der Waals surface area (Å²) in [5.74, 6) is 1.28. The van der Waals surface area contributed by atoms with Crippen molar-refractivity contribution in [3.63, 3.8) is 0 Å². The van der Waals surface area contributed by atoms with Crippen LogP contribution in [-0.2, 0) is 24.4 Å². The largest absolute Gasteiger partial charge is 0.483 e. The number of fused-ring (bicyclic) bond motifs is 2. The van der Waals surface area contributed by atoms with Crippen molar-refractivity contribution in [2.75, 3.05) is 0 Å². The van der Waals surface area contributed by atoms with Crippen molar-refractivity contribution in [2.45, 2.75) is 51.7 Å². The average molecular weight is 636 g/mol. The van der Waals surface area contributed by atoms with Crippen LogP contribution in [0.25, 0.3) is 22.1 Å². The van der Waals surface area contributed by atoms with Crippen molar-refractivity contribution in [1.82, 2.24) is 23.4 Å². The molecule has 0 saturated carbocycles. The molecule has 0 aliphatic rings. The standard InChI is InChI=1S/C35H35N5O2S.CH2O2/c1-24(2)20-21-38-29-12-6-5-11-28(29)36-33(38)23-40-31-14-8-7-13-30(31)39(35(40)42)22-26-16-18-27(19-17-26)34(41)37-43-32-15-9-4-10-25(32)3;2-1-3/h4-19,24H,20-23H2,1-3H3,(H,37,41);1H,(H,2,3). The van der Waals surface area contributed by atoms with Gasteiger partial charge in [-0.15, -0.1) is 0 Å². The molecule has 9 nitrogen and oxygen atoms in total. The number of amides is 1. The SMILES string of the molecule is Cc1ccccc1SNC(=O)c1ccc(Cn2c(=O)n(Cc3nc4ccccc4n3CCC(C)C)c3ccccc32)cc1.O=CO. The number of nitrogens with zero attached hydrogens (tertiary/aromatic N) is 4. The molecule has 0 radical (unpaired) electrons. The summed E-state index contributed by atoms with van der Waals surface area (Å²) >= 11 is 1.32. The van der Waals surface area contributed by atoms with E-state index in [0.29, 0.717) is 24.6 Å². The van der Waals surface area contributed by atoms with Crippen molar-refractivity contribution >= 4 is 46.4 Å². The molecule has 236 valence electrons. The molecule has 0 atom stereocenters. The summed E-state index contributed by atoms with van der Waals surface area (Å²) in [4.78, 5) is 41.0. The maximum atomic E-state index is 13.9. The highest BCUT2D eigenvalue weighted by atomic mass is 32.2. The third-order valence-electron chi connectivity index (χ3n) is 7.79. The predicted octanol–water partition coefficient (Wildman–Crippen LogP) is 6.74. The van der Waals surface area contributed by atoms with E-state index in [0.717, 1.165) is 56.9 Å². The number of para-hydroxylation sites is 4. The van der Waals surface area contributed by atoms with Gasteiger partial charge < -0.3 is 9.67 Å². The van der Waals surface area contributed by atoms with Crippen molar-refractivity contribution in [3.05, 3.63) is 130 Å². The van der Waals surface area contributed by atoms with Gasteiger partial charge >= 0.3 is 5.69 Å². The number of aryl methyl sites for hydroxylation is 2. The monoisotopic (exact) mass is 635 g/mol. The molecule has 1 amide bonds. The number of imidazole rings is 2. The van der Waals surface area contributed by atoms with Gasteiger partial charge in [0.15, 0.2) is 0 Å². The number of carboxylic acid groups (broad SMARTS) is 1. The number of hydrogen-bond donors (Lipinski definition) is 2. The fourth-order valence-corrected chi connectivity index (χ4v) is 6.07. The van der Waals surface area contributed by atoms with Crippen LogP contribution in [0, 0.1) is 12.8 Å². The molecule has 6 aromatic rings. The first kappa shape index (κ1) is 32.3.